The number of carboxylic acid groups (broad SMARTS) is 1. The third kappa shape index (κ3) is 3.11. The van der Waals surface area contributed by atoms with Crippen molar-refractivity contribution in [3.8, 4) is 22.7 Å². The average molecular weight is 363 g/mol. The Hall–Kier alpha value is -3.05. The van der Waals surface area contributed by atoms with Crippen molar-refractivity contribution in [1.82, 2.24) is 4.57 Å². The largest absolute Gasteiger partial charge is 0.507 e. The zero-order valence-electron chi connectivity index (χ0n) is 15.1. The summed E-state index contributed by atoms with van der Waals surface area (Å²) >= 11 is 0. The highest BCUT2D eigenvalue weighted by Crippen LogP contribution is 2.35. The van der Waals surface area contributed by atoms with Crippen LogP contribution in [-0.4, -0.2) is 34.0 Å². The molecular weight excluding hydrogens is 342 g/mol. The lowest BCUT2D eigenvalue weighted by molar-refractivity contribution is 0.0693. The molecule has 1 aliphatic rings. The van der Waals surface area contributed by atoms with Crippen LogP contribution in [0.25, 0.3) is 16.9 Å². The van der Waals surface area contributed by atoms with Crippen molar-refractivity contribution >= 4 is 5.97 Å². The monoisotopic (exact) mass is 363 g/mol. The van der Waals surface area contributed by atoms with Crippen LogP contribution in [0.5, 0.6) is 5.75 Å². The van der Waals surface area contributed by atoms with Gasteiger partial charge < -0.3 is 19.5 Å². The summed E-state index contributed by atoms with van der Waals surface area (Å²) in [6.07, 6.45) is 2.81. The van der Waals surface area contributed by atoms with E-state index in [9.17, 15) is 15.0 Å². The fraction of sp³-hybridized carbons (Fsp3) is 0.227. The molecule has 0 fully saturated rings. The van der Waals surface area contributed by atoms with E-state index in [1.807, 2.05) is 30.3 Å². The van der Waals surface area contributed by atoms with Crippen LogP contribution in [0.1, 0.15) is 28.0 Å². The molecule has 2 N–H and O–H groups in total. The number of ether oxygens (including phenoxy) is 1. The molecule has 1 aromatic heterocycles. The van der Waals surface area contributed by atoms with Crippen LogP contribution < -0.4 is 0 Å². The number of aromatic nitrogens is 1. The minimum absolute atomic E-state index is 0.0976. The molecule has 3 aromatic rings. The Bertz CT molecular complexity index is 991. The summed E-state index contributed by atoms with van der Waals surface area (Å²) < 4.78 is 7.67. The molecule has 0 radical (unpaired) electrons. The lowest BCUT2D eigenvalue weighted by Gasteiger charge is -2.23. The van der Waals surface area contributed by atoms with Crippen molar-refractivity contribution in [2.75, 3.05) is 7.11 Å². The third-order valence-electron chi connectivity index (χ3n) is 5.21. The maximum atomic E-state index is 11.5. The highest BCUT2D eigenvalue weighted by Gasteiger charge is 2.25. The number of benzene rings is 2. The van der Waals surface area contributed by atoms with Crippen molar-refractivity contribution in [3.63, 3.8) is 0 Å². The van der Waals surface area contributed by atoms with Crippen molar-refractivity contribution in [2.24, 2.45) is 0 Å². The molecule has 1 unspecified atom stereocenters. The molecule has 0 saturated carbocycles. The van der Waals surface area contributed by atoms with Gasteiger partial charge in [0.05, 0.1) is 11.8 Å². The van der Waals surface area contributed by atoms with Crippen LogP contribution in [0.3, 0.4) is 0 Å². The first-order valence-electron chi connectivity index (χ1n) is 8.97. The standard InChI is InChI=1S/C22H21NO4/c1-27-17-8-9-19-15(11-17)12-20(14-5-3-2-4-6-14)23(19)16-7-10-21(24)18(13-16)22(25)26/h2-7,10,12-13,17,24H,8-9,11H2,1H3,(H,25,26). The van der Waals surface area contributed by atoms with Gasteiger partial charge in [0.2, 0.25) is 0 Å². The number of hydrogen-bond donors (Lipinski definition) is 2. The molecule has 27 heavy (non-hydrogen) atoms. The zero-order chi connectivity index (χ0) is 19.0. The Labute approximate surface area is 157 Å². The minimum atomic E-state index is -1.14. The van der Waals surface area contributed by atoms with Gasteiger partial charge in [-0.3, -0.25) is 0 Å². The molecule has 0 aliphatic heterocycles. The fourth-order valence-corrected chi connectivity index (χ4v) is 3.85. The Morgan fingerprint density at radius 3 is 2.63 bits per heavy atom. The predicted octanol–water partition coefficient (Wildman–Crippen LogP) is 4.05. The van der Waals surface area contributed by atoms with Crippen LogP contribution in [0.15, 0.2) is 54.6 Å². The first-order valence-corrected chi connectivity index (χ1v) is 8.97. The summed E-state index contributed by atoms with van der Waals surface area (Å²) in [4.78, 5) is 11.5. The second-order valence-corrected chi connectivity index (χ2v) is 6.81. The number of rotatable bonds is 4. The number of hydrogen-bond acceptors (Lipinski definition) is 3. The number of methoxy groups -OCH3 is 1. The lowest BCUT2D eigenvalue weighted by Crippen LogP contribution is -2.21. The molecule has 2 aromatic carbocycles. The van der Waals surface area contributed by atoms with Gasteiger partial charge in [0.1, 0.15) is 11.3 Å². The summed E-state index contributed by atoms with van der Waals surface area (Å²) in [6.45, 7) is 0. The van der Waals surface area contributed by atoms with Crippen molar-refractivity contribution in [3.05, 3.63) is 71.4 Å². The molecule has 1 atom stereocenters. The molecule has 5 nitrogen and oxygen atoms in total. The van der Waals surface area contributed by atoms with E-state index in [1.54, 1.807) is 13.2 Å². The lowest BCUT2D eigenvalue weighted by atomic mass is 9.95. The Morgan fingerprint density at radius 1 is 1.15 bits per heavy atom. The maximum Gasteiger partial charge on any atom is 0.339 e. The van der Waals surface area contributed by atoms with Gasteiger partial charge in [-0.15, -0.1) is 0 Å². The van der Waals surface area contributed by atoms with Crippen LogP contribution in [0.4, 0.5) is 0 Å². The number of carboxylic acids is 1. The number of fused-ring (bicyclic) bond motifs is 1. The van der Waals surface area contributed by atoms with Gasteiger partial charge in [-0.1, -0.05) is 30.3 Å². The quantitative estimate of drug-likeness (QED) is 0.733. The minimum Gasteiger partial charge on any atom is -0.507 e. The van der Waals surface area contributed by atoms with Gasteiger partial charge in [0.15, 0.2) is 0 Å². The summed E-state index contributed by atoms with van der Waals surface area (Å²) in [5.74, 6) is -1.37. The normalized spacial score (nSPS) is 16.1. The van der Waals surface area contributed by atoms with E-state index in [0.29, 0.717) is 0 Å². The maximum absolute atomic E-state index is 11.5. The van der Waals surface area contributed by atoms with Gasteiger partial charge in [0.25, 0.3) is 0 Å². The van der Waals surface area contributed by atoms with E-state index in [0.717, 1.165) is 36.2 Å². The Kier molecular flexibility index (Phi) is 4.46. The number of aromatic hydroxyl groups is 1. The smallest absolute Gasteiger partial charge is 0.339 e. The van der Waals surface area contributed by atoms with E-state index in [-0.39, 0.29) is 17.4 Å². The van der Waals surface area contributed by atoms with E-state index in [2.05, 4.69) is 10.6 Å². The fourth-order valence-electron chi connectivity index (χ4n) is 3.85. The molecule has 4 rings (SSSR count). The Balaban J connectivity index is 1.93. The van der Waals surface area contributed by atoms with Gasteiger partial charge in [-0.2, -0.15) is 0 Å². The van der Waals surface area contributed by atoms with E-state index in [1.165, 1.54) is 23.4 Å². The molecule has 5 heteroatoms. The SMILES string of the molecule is COC1CCc2c(cc(-c3ccccc3)n2-c2ccc(O)c(C(=O)O)c2)C1. The van der Waals surface area contributed by atoms with Crippen molar-refractivity contribution in [1.29, 1.82) is 0 Å². The first-order chi connectivity index (χ1) is 13.1. The highest BCUT2D eigenvalue weighted by molar-refractivity contribution is 5.91. The summed E-state index contributed by atoms with van der Waals surface area (Å²) in [5.41, 5.74) is 5.10. The van der Waals surface area contributed by atoms with Crippen LogP contribution in [0, 0.1) is 0 Å². The highest BCUT2D eigenvalue weighted by atomic mass is 16.5. The molecule has 1 heterocycles. The molecule has 138 valence electrons. The van der Waals surface area contributed by atoms with Gasteiger partial charge in [-0.05, 0) is 48.2 Å². The van der Waals surface area contributed by atoms with Crippen molar-refractivity contribution in [2.45, 2.75) is 25.4 Å². The topological polar surface area (TPSA) is 71.7 Å². The molecule has 1 aliphatic carbocycles. The molecule has 0 saturated heterocycles. The summed E-state index contributed by atoms with van der Waals surface area (Å²) in [6, 6.07) is 17.0. The van der Waals surface area contributed by atoms with Gasteiger partial charge in [0, 0.05) is 24.9 Å². The number of nitrogens with zero attached hydrogens (tertiary/aromatic N) is 1. The van der Waals surface area contributed by atoms with Crippen LogP contribution in [0.2, 0.25) is 0 Å². The summed E-state index contributed by atoms with van der Waals surface area (Å²) in [5, 5.41) is 19.3. The number of aromatic carboxylic acids is 1. The predicted molar refractivity (Wildman–Crippen MR) is 103 cm³/mol. The van der Waals surface area contributed by atoms with Crippen LogP contribution in [-0.2, 0) is 17.6 Å². The average Bonchev–Trinajstić information content (AvgIpc) is 3.07. The van der Waals surface area contributed by atoms with Gasteiger partial charge in [-0.25, -0.2) is 4.79 Å². The Morgan fingerprint density at radius 2 is 1.93 bits per heavy atom. The third-order valence-corrected chi connectivity index (χ3v) is 5.21. The molecular formula is C22H21NO4. The first kappa shape index (κ1) is 17.4. The zero-order valence-corrected chi connectivity index (χ0v) is 15.1. The number of carbonyl (C=O) groups is 1. The second kappa shape index (κ2) is 6.93. The van der Waals surface area contributed by atoms with Crippen LogP contribution >= 0.6 is 0 Å². The van der Waals surface area contributed by atoms with E-state index in [4.69, 9.17) is 4.74 Å². The molecule has 0 amide bonds. The summed E-state index contributed by atoms with van der Waals surface area (Å²) in [7, 11) is 1.74. The second-order valence-electron chi connectivity index (χ2n) is 6.81. The van der Waals surface area contributed by atoms with E-state index < -0.39 is 5.97 Å². The molecule has 0 spiro atoms. The van der Waals surface area contributed by atoms with Gasteiger partial charge >= 0.3 is 5.97 Å². The van der Waals surface area contributed by atoms with Crippen molar-refractivity contribution < 1.29 is 19.7 Å². The van der Waals surface area contributed by atoms with E-state index >= 15 is 0 Å². The molecule has 0 bridgehead atoms. The number of phenols is 1.